The lowest BCUT2D eigenvalue weighted by molar-refractivity contribution is -0.237. The van der Waals surface area contributed by atoms with Crippen molar-refractivity contribution in [2.75, 3.05) is 0 Å². The molecule has 1 aromatic carbocycles. The fourth-order valence-electron chi connectivity index (χ4n) is 0.636. The molecule has 77 valence electrons. The van der Waals surface area contributed by atoms with Crippen LogP contribution in [-0.2, 0) is 0 Å². The van der Waals surface area contributed by atoms with Gasteiger partial charge in [0, 0.05) is 4.90 Å². The molecule has 0 saturated heterocycles. The fourth-order valence-corrected chi connectivity index (χ4v) is 1.30. The van der Waals surface area contributed by atoms with Gasteiger partial charge < -0.3 is 0 Å². The molecule has 1 rings (SSSR count). The highest BCUT2D eigenvalue weighted by atomic mass is 32.2. The number of thioether (sulfide) groups is 1. The first-order chi connectivity index (χ1) is 6.33. The monoisotopic (exact) mass is 227 g/mol. The van der Waals surface area contributed by atoms with E-state index in [1.54, 1.807) is 0 Å². The largest absolute Gasteiger partial charge is 0.464 e. The van der Waals surface area contributed by atoms with Gasteiger partial charge in [0.15, 0.2) is 0 Å². The van der Waals surface area contributed by atoms with Gasteiger partial charge in [0.05, 0.1) is 0 Å². The molecule has 0 aliphatic rings. The Morgan fingerprint density at radius 3 is 2.14 bits per heavy atom. The lowest BCUT2D eigenvalue weighted by Gasteiger charge is -2.18. The molecule has 1 aromatic rings. The Morgan fingerprint density at radius 2 is 1.71 bits per heavy atom. The van der Waals surface area contributed by atoms with E-state index in [-0.39, 0.29) is 4.90 Å². The van der Waals surface area contributed by atoms with Crippen molar-refractivity contribution >= 4 is 11.8 Å². The van der Waals surface area contributed by atoms with E-state index in [4.69, 9.17) is 0 Å². The van der Waals surface area contributed by atoms with Crippen molar-refractivity contribution < 1.29 is 22.0 Å². The van der Waals surface area contributed by atoms with Gasteiger partial charge in [-0.15, -0.1) is 0 Å². The van der Waals surface area contributed by atoms with Crippen LogP contribution in [0.2, 0.25) is 0 Å². The molecule has 1 radical (unpaired) electrons. The standard InChI is InChI=1S/C8H4F5S/c9-7(10,11)8(12,13)14-6-4-2-1-3-5-6/h1-4H. The molecule has 0 spiro atoms. The van der Waals surface area contributed by atoms with Crippen molar-refractivity contribution in [2.24, 2.45) is 0 Å². The van der Waals surface area contributed by atoms with Gasteiger partial charge in [-0.05, 0) is 23.9 Å². The molecular formula is C8H4F5S. The highest BCUT2D eigenvalue weighted by Gasteiger charge is 2.58. The highest BCUT2D eigenvalue weighted by Crippen LogP contribution is 2.47. The van der Waals surface area contributed by atoms with Gasteiger partial charge in [0.1, 0.15) is 0 Å². The maximum atomic E-state index is 12.4. The molecule has 14 heavy (non-hydrogen) atoms. The van der Waals surface area contributed by atoms with Gasteiger partial charge in [-0.25, -0.2) is 0 Å². The molecule has 0 heterocycles. The summed E-state index contributed by atoms with van der Waals surface area (Å²) in [5.41, 5.74) is 0. The minimum Gasteiger partial charge on any atom is -0.183 e. The zero-order valence-electron chi connectivity index (χ0n) is 6.61. The van der Waals surface area contributed by atoms with Crippen LogP contribution in [0.1, 0.15) is 0 Å². The summed E-state index contributed by atoms with van der Waals surface area (Å²) in [6.45, 7) is 0. The predicted molar refractivity (Wildman–Crippen MR) is 42.1 cm³/mol. The quantitative estimate of drug-likeness (QED) is 0.548. The molecule has 6 heteroatoms. The third kappa shape index (κ3) is 2.60. The van der Waals surface area contributed by atoms with E-state index in [0.717, 1.165) is 6.07 Å². The molecule has 0 aliphatic carbocycles. The van der Waals surface area contributed by atoms with E-state index in [0.29, 0.717) is 0 Å². The van der Waals surface area contributed by atoms with Crippen molar-refractivity contribution in [1.82, 2.24) is 0 Å². The van der Waals surface area contributed by atoms with Crippen molar-refractivity contribution in [3.8, 4) is 0 Å². The Kier molecular flexibility index (Phi) is 3.04. The first-order valence-corrected chi connectivity index (χ1v) is 4.25. The zero-order valence-corrected chi connectivity index (χ0v) is 7.42. The van der Waals surface area contributed by atoms with E-state index in [2.05, 4.69) is 6.07 Å². The first kappa shape index (κ1) is 11.3. The van der Waals surface area contributed by atoms with Crippen LogP contribution >= 0.6 is 11.8 Å². The van der Waals surface area contributed by atoms with Gasteiger partial charge in [0.2, 0.25) is 0 Å². The van der Waals surface area contributed by atoms with Crippen LogP contribution in [0.3, 0.4) is 0 Å². The Bertz CT molecular complexity index is 292. The molecule has 0 amide bonds. The Morgan fingerprint density at radius 1 is 1.07 bits per heavy atom. The minimum absolute atomic E-state index is 0.241. The summed E-state index contributed by atoms with van der Waals surface area (Å²) in [7, 11) is 0. The van der Waals surface area contributed by atoms with Crippen LogP contribution in [0.4, 0.5) is 22.0 Å². The lowest BCUT2D eigenvalue weighted by atomic mass is 10.4. The van der Waals surface area contributed by atoms with Crippen LogP contribution < -0.4 is 0 Å². The molecular weight excluding hydrogens is 223 g/mol. The highest BCUT2D eigenvalue weighted by molar-refractivity contribution is 8.00. The number of benzene rings is 1. The smallest absolute Gasteiger partial charge is 0.183 e. The Hall–Kier alpha value is -0.780. The van der Waals surface area contributed by atoms with E-state index in [1.165, 1.54) is 18.2 Å². The van der Waals surface area contributed by atoms with Gasteiger partial charge in [-0.2, -0.15) is 22.0 Å². The molecule has 0 aromatic heterocycles. The number of rotatable bonds is 2. The van der Waals surface area contributed by atoms with E-state index < -0.39 is 23.2 Å². The number of hydrogen-bond donors (Lipinski definition) is 0. The topological polar surface area (TPSA) is 0 Å². The first-order valence-electron chi connectivity index (χ1n) is 3.43. The van der Waals surface area contributed by atoms with Crippen molar-refractivity contribution in [3.63, 3.8) is 0 Å². The van der Waals surface area contributed by atoms with E-state index in [1.807, 2.05) is 0 Å². The van der Waals surface area contributed by atoms with Crippen LogP contribution in [0, 0.1) is 6.07 Å². The second-order valence-electron chi connectivity index (χ2n) is 2.34. The van der Waals surface area contributed by atoms with Crippen LogP contribution in [0.5, 0.6) is 0 Å². The summed E-state index contributed by atoms with van der Waals surface area (Å²) in [4.78, 5) is -0.241. The van der Waals surface area contributed by atoms with Gasteiger partial charge in [-0.3, -0.25) is 0 Å². The summed E-state index contributed by atoms with van der Waals surface area (Å²) in [6, 6.07) is 7.54. The Labute approximate surface area is 81.1 Å². The fraction of sp³-hybridized carbons (Fsp3) is 0.250. The van der Waals surface area contributed by atoms with Crippen molar-refractivity contribution in [3.05, 3.63) is 30.3 Å². The van der Waals surface area contributed by atoms with E-state index in [9.17, 15) is 22.0 Å². The van der Waals surface area contributed by atoms with E-state index >= 15 is 0 Å². The second kappa shape index (κ2) is 3.76. The normalized spacial score (nSPS) is 12.9. The molecule has 0 bridgehead atoms. The predicted octanol–water partition coefficient (Wildman–Crippen LogP) is 3.73. The molecule has 0 aliphatic heterocycles. The SMILES string of the molecule is FC(F)(F)C(F)(F)Sc1[c]cccc1. The summed E-state index contributed by atoms with van der Waals surface area (Å²) >= 11 is -0.561. The Balaban J connectivity index is 2.79. The molecule has 0 unspecified atom stereocenters. The molecule has 0 saturated carbocycles. The maximum Gasteiger partial charge on any atom is 0.464 e. The second-order valence-corrected chi connectivity index (χ2v) is 3.50. The van der Waals surface area contributed by atoms with Crippen LogP contribution in [0.25, 0.3) is 0 Å². The van der Waals surface area contributed by atoms with Gasteiger partial charge >= 0.3 is 11.4 Å². The summed E-state index contributed by atoms with van der Waals surface area (Å²) in [5, 5.41) is -4.77. The van der Waals surface area contributed by atoms with Crippen LogP contribution in [-0.4, -0.2) is 11.4 Å². The number of alkyl halides is 5. The average Bonchev–Trinajstić information content (AvgIpc) is 2.03. The molecule has 0 nitrogen and oxygen atoms in total. The zero-order chi connectivity index (χ0) is 10.8. The third-order valence-corrected chi connectivity index (χ3v) is 2.21. The lowest BCUT2D eigenvalue weighted by Crippen LogP contribution is -2.32. The summed E-state index contributed by atoms with van der Waals surface area (Å²) in [6.07, 6.45) is -5.54. The summed E-state index contributed by atoms with van der Waals surface area (Å²) in [5.74, 6) is 0. The maximum absolute atomic E-state index is 12.4. The minimum atomic E-state index is -5.54. The molecule has 0 N–H and O–H groups in total. The van der Waals surface area contributed by atoms with Gasteiger partial charge in [-0.1, -0.05) is 18.2 Å². The van der Waals surface area contributed by atoms with Gasteiger partial charge in [0.25, 0.3) is 0 Å². The van der Waals surface area contributed by atoms with Crippen molar-refractivity contribution in [1.29, 1.82) is 0 Å². The average molecular weight is 227 g/mol. The molecule has 0 fully saturated rings. The number of hydrogen-bond acceptors (Lipinski definition) is 1. The molecule has 0 atom stereocenters. The number of halogens is 5. The van der Waals surface area contributed by atoms with Crippen LogP contribution in [0.15, 0.2) is 29.2 Å². The third-order valence-electron chi connectivity index (χ3n) is 1.25. The van der Waals surface area contributed by atoms with Crippen molar-refractivity contribution in [2.45, 2.75) is 16.3 Å². The summed E-state index contributed by atoms with van der Waals surface area (Å²) < 4.78 is 60.1.